The van der Waals surface area contributed by atoms with Gasteiger partial charge in [-0.2, -0.15) is 13.2 Å². The number of nitrogens with one attached hydrogen (secondary N) is 1. The lowest BCUT2D eigenvalue weighted by atomic mass is 10.2. The number of hydrogen-bond acceptors (Lipinski definition) is 2. The van der Waals surface area contributed by atoms with Crippen LogP contribution in [0, 0.1) is 0 Å². The number of rotatable bonds is 8. The van der Waals surface area contributed by atoms with Gasteiger partial charge in [0, 0.05) is 0 Å². The lowest BCUT2D eigenvalue weighted by Gasteiger charge is -2.13. The van der Waals surface area contributed by atoms with Crippen LogP contribution in [0.4, 0.5) is 13.2 Å². The van der Waals surface area contributed by atoms with E-state index in [1.54, 1.807) is 6.07 Å². The minimum atomic E-state index is -4.36. The summed E-state index contributed by atoms with van der Waals surface area (Å²) in [4.78, 5) is 0. The summed E-state index contributed by atoms with van der Waals surface area (Å²) >= 11 is 0. The van der Waals surface area contributed by atoms with Crippen LogP contribution in [0.15, 0.2) is 24.3 Å². The van der Waals surface area contributed by atoms with E-state index in [-0.39, 0.29) is 5.75 Å². The van der Waals surface area contributed by atoms with Gasteiger partial charge < -0.3 is 10.1 Å². The van der Waals surface area contributed by atoms with Crippen molar-refractivity contribution in [2.24, 2.45) is 0 Å². The molecule has 0 aliphatic heterocycles. The van der Waals surface area contributed by atoms with Crippen molar-refractivity contribution in [1.29, 1.82) is 0 Å². The lowest BCUT2D eigenvalue weighted by Crippen LogP contribution is -2.14. The summed E-state index contributed by atoms with van der Waals surface area (Å²) in [7, 11) is 0. The third kappa shape index (κ3) is 5.96. The number of ether oxygens (including phenoxy) is 1. The standard InChI is InChI=1S/C14H20F3NO/c1-2-18-10-6-3-7-11-19-13-9-5-4-8-12(13)14(15,16)17/h4-5,8-9,18H,2-3,6-7,10-11H2,1H3. The Bertz CT molecular complexity index is 366. The maximum absolute atomic E-state index is 12.7. The van der Waals surface area contributed by atoms with Gasteiger partial charge in [-0.25, -0.2) is 0 Å². The molecule has 0 radical (unpaired) electrons. The van der Waals surface area contributed by atoms with E-state index < -0.39 is 11.7 Å². The molecule has 0 aliphatic rings. The first-order valence-electron chi connectivity index (χ1n) is 6.55. The molecule has 0 atom stereocenters. The van der Waals surface area contributed by atoms with Crippen LogP contribution in [0.5, 0.6) is 5.75 Å². The van der Waals surface area contributed by atoms with Gasteiger partial charge in [-0.3, -0.25) is 0 Å². The Hall–Kier alpha value is -1.23. The highest BCUT2D eigenvalue weighted by Crippen LogP contribution is 2.35. The molecule has 0 aliphatic carbocycles. The van der Waals surface area contributed by atoms with Gasteiger partial charge in [-0.15, -0.1) is 0 Å². The van der Waals surface area contributed by atoms with E-state index in [2.05, 4.69) is 5.32 Å². The topological polar surface area (TPSA) is 21.3 Å². The highest BCUT2D eigenvalue weighted by atomic mass is 19.4. The first-order valence-corrected chi connectivity index (χ1v) is 6.55. The van der Waals surface area contributed by atoms with Crippen molar-refractivity contribution in [2.75, 3.05) is 19.7 Å². The second-order valence-corrected chi connectivity index (χ2v) is 4.26. The minimum absolute atomic E-state index is 0.0818. The summed E-state index contributed by atoms with van der Waals surface area (Å²) in [5.74, 6) is -0.0818. The third-order valence-corrected chi connectivity index (χ3v) is 2.70. The van der Waals surface area contributed by atoms with Crippen molar-refractivity contribution in [3.63, 3.8) is 0 Å². The molecule has 108 valence electrons. The van der Waals surface area contributed by atoms with E-state index in [0.29, 0.717) is 6.61 Å². The summed E-state index contributed by atoms with van der Waals surface area (Å²) < 4.78 is 43.3. The Morgan fingerprint density at radius 1 is 1.11 bits per heavy atom. The molecule has 0 saturated carbocycles. The van der Waals surface area contributed by atoms with Crippen LogP contribution in [0.2, 0.25) is 0 Å². The van der Waals surface area contributed by atoms with E-state index in [0.717, 1.165) is 38.4 Å². The molecular weight excluding hydrogens is 255 g/mol. The van der Waals surface area contributed by atoms with Gasteiger partial charge in [-0.1, -0.05) is 19.1 Å². The second-order valence-electron chi connectivity index (χ2n) is 4.26. The zero-order valence-electron chi connectivity index (χ0n) is 11.1. The highest BCUT2D eigenvalue weighted by Gasteiger charge is 2.33. The summed E-state index contributed by atoms with van der Waals surface area (Å²) in [5.41, 5.74) is -0.706. The molecule has 1 aromatic carbocycles. The largest absolute Gasteiger partial charge is 0.493 e. The fourth-order valence-electron chi connectivity index (χ4n) is 1.71. The molecule has 0 amide bonds. The molecule has 0 bridgehead atoms. The first-order chi connectivity index (χ1) is 9.05. The van der Waals surface area contributed by atoms with Crippen LogP contribution in [0.1, 0.15) is 31.7 Å². The van der Waals surface area contributed by atoms with E-state index >= 15 is 0 Å². The van der Waals surface area contributed by atoms with Crippen molar-refractivity contribution in [2.45, 2.75) is 32.4 Å². The maximum atomic E-state index is 12.7. The molecule has 19 heavy (non-hydrogen) atoms. The van der Waals surface area contributed by atoms with Crippen LogP contribution in [-0.4, -0.2) is 19.7 Å². The number of unbranched alkanes of at least 4 members (excludes halogenated alkanes) is 2. The third-order valence-electron chi connectivity index (χ3n) is 2.70. The molecule has 0 aromatic heterocycles. The monoisotopic (exact) mass is 275 g/mol. The SMILES string of the molecule is CCNCCCCCOc1ccccc1C(F)(F)F. The van der Waals surface area contributed by atoms with Gasteiger partial charge >= 0.3 is 6.18 Å². The number of halogens is 3. The Balaban J connectivity index is 2.33. The van der Waals surface area contributed by atoms with Gasteiger partial charge in [0.1, 0.15) is 5.75 Å². The maximum Gasteiger partial charge on any atom is 0.419 e. The average Bonchev–Trinajstić information content (AvgIpc) is 2.37. The first kappa shape index (κ1) is 15.8. The van der Waals surface area contributed by atoms with E-state index in [9.17, 15) is 13.2 Å². The Labute approximate surface area is 112 Å². The van der Waals surface area contributed by atoms with Crippen LogP contribution in [0.25, 0.3) is 0 Å². The molecule has 0 saturated heterocycles. The van der Waals surface area contributed by atoms with Crippen molar-refractivity contribution in [3.8, 4) is 5.75 Å². The van der Waals surface area contributed by atoms with E-state index in [4.69, 9.17) is 4.74 Å². The second kappa shape index (κ2) is 8.04. The molecule has 1 rings (SSSR count). The molecule has 1 N–H and O–H groups in total. The van der Waals surface area contributed by atoms with E-state index in [1.165, 1.54) is 12.1 Å². The predicted molar refractivity (Wildman–Crippen MR) is 69.3 cm³/mol. The quantitative estimate of drug-likeness (QED) is 0.727. The summed E-state index contributed by atoms with van der Waals surface area (Å²) in [5, 5.41) is 3.20. The molecule has 5 heteroatoms. The molecule has 2 nitrogen and oxygen atoms in total. The van der Waals surface area contributed by atoms with Gasteiger partial charge in [0.2, 0.25) is 0 Å². The zero-order valence-corrected chi connectivity index (χ0v) is 11.1. The van der Waals surface area contributed by atoms with Gasteiger partial charge in [-0.05, 0) is 44.5 Å². The van der Waals surface area contributed by atoms with Crippen LogP contribution < -0.4 is 10.1 Å². The lowest BCUT2D eigenvalue weighted by molar-refractivity contribution is -0.138. The summed E-state index contributed by atoms with van der Waals surface area (Å²) in [6.07, 6.45) is -1.64. The van der Waals surface area contributed by atoms with Gasteiger partial charge in [0.15, 0.2) is 0 Å². The predicted octanol–water partition coefficient (Wildman–Crippen LogP) is 3.86. The number of benzene rings is 1. The van der Waals surface area contributed by atoms with Crippen molar-refractivity contribution in [1.82, 2.24) is 5.32 Å². The zero-order chi connectivity index (χ0) is 14.1. The minimum Gasteiger partial charge on any atom is -0.493 e. The normalized spacial score (nSPS) is 11.6. The summed E-state index contributed by atoms with van der Waals surface area (Å²) in [6, 6.07) is 5.32. The molecule has 1 aromatic rings. The molecule has 0 spiro atoms. The molecular formula is C14H20F3NO. The van der Waals surface area contributed by atoms with Crippen molar-refractivity contribution < 1.29 is 17.9 Å². The number of hydrogen-bond donors (Lipinski definition) is 1. The molecule has 0 unspecified atom stereocenters. The Kier molecular flexibility index (Phi) is 6.70. The van der Waals surface area contributed by atoms with Crippen LogP contribution in [-0.2, 0) is 6.18 Å². The summed E-state index contributed by atoms with van der Waals surface area (Å²) in [6.45, 7) is 4.24. The fraction of sp³-hybridized carbons (Fsp3) is 0.571. The van der Waals surface area contributed by atoms with Gasteiger partial charge in [0.25, 0.3) is 0 Å². The Morgan fingerprint density at radius 2 is 1.84 bits per heavy atom. The number of para-hydroxylation sites is 1. The van der Waals surface area contributed by atoms with E-state index in [1.807, 2.05) is 6.92 Å². The smallest absolute Gasteiger partial charge is 0.419 e. The van der Waals surface area contributed by atoms with Crippen molar-refractivity contribution >= 4 is 0 Å². The average molecular weight is 275 g/mol. The van der Waals surface area contributed by atoms with Crippen molar-refractivity contribution in [3.05, 3.63) is 29.8 Å². The highest BCUT2D eigenvalue weighted by molar-refractivity contribution is 5.35. The fourth-order valence-corrected chi connectivity index (χ4v) is 1.71. The number of alkyl halides is 3. The molecule has 0 heterocycles. The molecule has 0 fully saturated rings. The van der Waals surface area contributed by atoms with Gasteiger partial charge in [0.05, 0.1) is 12.2 Å². The van der Waals surface area contributed by atoms with Crippen LogP contribution in [0.3, 0.4) is 0 Å². The van der Waals surface area contributed by atoms with Crippen LogP contribution >= 0.6 is 0 Å². The Morgan fingerprint density at radius 3 is 2.53 bits per heavy atom.